The van der Waals surface area contributed by atoms with Crippen LogP contribution >= 0.6 is 23.1 Å². The number of benzene rings is 1. The van der Waals surface area contributed by atoms with Crippen molar-refractivity contribution in [2.75, 3.05) is 18.0 Å². The molecule has 0 atom stereocenters. The van der Waals surface area contributed by atoms with Gasteiger partial charge in [-0.1, -0.05) is 29.5 Å². The Kier molecular flexibility index (Phi) is 4.81. The van der Waals surface area contributed by atoms with Gasteiger partial charge in [0.25, 0.3) is 5.91 Å². The van der Waals surface area contributed by atoms with Crippen molar-refractivity contribution in [3.8, 4) is 0 Å². The van der Waals surface area contributed by atoms with E-state index in [-0.39, 0.29) is 5.91 Å². The fourth-order valence-electron chi connectivity index (χ4n) is 1.56. The normalized spacial score (nSPS) is 10.4. The highest BCUT2D eigenvalue weighted by Crippen LogP contribution is 2.19. The zero-order chi connectivity index (χ0) is 13.7. The molecule has 0 unspecified atom stereocenters. The Labute approximate surface area is 120 Å². The number of hydrogen-bond acceptors (Lipinski definition) is 5. The summed E-state index contributed by atoms with van der Waals surface area (Å²) in [6.45, 7) is 2.41. The smallest absolute Gasteiger partial charge is 0.263 e. The van der Waals surface area contributed by atoms with Gasteiger partial charge in [0, 0.05) is 17.2 Å². The number of thioether (sulfide) groups is 1. The van der Waals surface area contributed by atoms with Crippen molar-refractivity contribution in [3.05, 3.63) is 40.9 Å². The van der Waals surface area contributed by atoms with E-state index in [9.17, 15) is 4.79 Å². The third-order valence-electron chi connectivity index (χ3n) is 2.42. The molecule has 2 aromatic rings. The summed E-state index contributed by atoms with van der Waals surface area (Å²) in [4.78, 5) is 17.7. The number of aromatic nitrogens is 1. The molecule has 1 aromatic heterocycles. The lowest BCUT2D eigenvalue weighted by Crippen LogP contribution is -2.25. The van der Waals surface area contributed by atoms with Gasteiger partial charge in [0.1, 0.15) is 4.88 Å². The Bertz CT molecular complexity index is 554. The quantitative estimate of drug-likeness (QED) is 0.656. The molecule has 0 radical (unpaired) electrons. The van der Waals surface area contributed by atoms with Crippen LogP contribution in [0.3, 0.4) is 0 Å². The number of nitrogen functional groups attached to an aromatic ring is 1. The van der Waals surface area contributed by atoms with Gasteiger partial charge in [-0.05, 0) is 19.1 Å². The van der Waals surface area contributed by atoms with Crippen LogP contribution in [-0.4, -0.2) is 23.2 Å². The summed E-state index contributed by atoms with van der Waals surface area (Å²) in [5, 5.41) is 3.31. The van der Waals surface area contributed by atoms with Crippen molar-refractivity contribution in [2.24, 2.45) is 0 Å². The van der Waals surface area contributed by atoms with E-state index in [1.54, 1.807) is 18.7 Å². The molecular weight excluding hydrogens is 278 g/mol. The second kappa shape index (κ2) is 6.58. The third kappa shape index (κ3) is 3.97. The molecule has 2 rings (SSSR count). The lowest BCUT2D eigenvalue weighted by Gasteiger charge is -2.04. The molecule has 0 aliphatic heterocycles. The SMILES string of the molecule is Cc1nc(N)sc1C(=O)NCCSc1ccccc1. The first kappa shape index (κ1) is 13.9. The Morgan fingerprint density at radius 3 is 2.79 bits per heavy atom. The molecule has 0 spiro atoms. The molecule has 100 valence electrons. The third-order valence-corrected chi connectivity index (χ3v) is 4.42. The van der Waals surface area contributed by atoms with E-state index in [4.69, 9.17) is 5.73 Å². The van der Waals surface area contributed by atoms with Gasteiger partial charge >= 0.3 is 0 Å². The van der Waals surface area contributed by atoms with E-state index >= 15 is 0 Å². The van der Waals surface area contributed by atoms with Gasteiger partial charge in [-0.3, -0.25) is 4.79 Å². The summed E-state index contributed by atoms with van der Waals surface area (Å²) in [6.07, 6.45) is 0. The zero-order valence-electron chi connectivity index (χ0n) is 10.6. The number of aryl methyl sites for hydroxylation is 1. The van der Waals surface area contributed by atoms with Crippen LogP contribution in [0.25, 0.3) is 0 Å². The van der Waals surface area contributed by atoms with Gasteiger partial charge in [0.15, 0.2) is 5.13 Å². The maximum Gasteiger partial charge on any atom is 0.263 e. The molecule has 0 saturated carbocycles. The van der Waals surface area contributed by atoms with Crippen molar-refractivity contribution in [1.82, 2.24) is 10.3 Å². The summed E-state index contributed by atoms with van der Waals surface area (Å²) >= 11 is 2.94. The van der Waals surface area contributed by atoms with E-state index in [1.807, 2.05) is 18.2 Å². The molecule has 0 bridgehead atoms. The number of nitrogens with one attached hydrogen (secondary N) is 1. The minimum absolute atomic E-state index is 0.0969. The lowest BCUT2D eigenvalue weighted by atomic mass is 10.4. The van der Waals surface area contributed by atoms with Crippen LogP contribution in [0, 0.1) is 6.92 Å². The number of carbonyl (C=O) groups is 1. The van der Waals surface area contributed by atoms with Crippen molar-refractivity contribution >= 4 is 34.1 Å². The largest absolute Gasteiger partial charge is 0.375 e. The molecule has 1 heterocycles. The van der Waals surface area contributed by atoms with E-state index in [0.717, 1.165) is 5.75 Å². The summed E-state index contributed by atoms with van der Waals surface area (Å²) in [7, 11) is 0. The highest BCUT2D eigenvalue weighted by atomic mass is 32.2. The van der Waals surface area contributed by atoms with Crippen LogP contribution in [0.4, 0.5) is 5.13 Å². The van der Waals surface area contributed by atoms with Crippen molar-refractivity contribution in [3.63, 3.8) is 0 Å². The van der Waals surface area contributed by atoms with Gasteiger partial charge in [-0.2, -0.15) is 0 Å². The first-order valence-corrected chi connectivity index (χ1v) is 7.66. The molecule has 4 nitrogen and oxygen atoms in total. The molecule has 0 saturated heterocycles. The van der Waals surface area contributed by atoms with Crippen LogP contribution in [0.15, 0.2) is 35.2 Å². The van der Waals surface area contributed by atoms with Crippen LogP contribution in [-0.2, 0) is 0 Å². The summed E-state index contributed by atoms with van der Waals surface area (Å²) in [5.74, 6) is 0.740. The molecule has 0 aliphatic rings. The second-order valence-corrected chi connectivity index (χ2v) is 6.08. The first-order valence-electron chi connectivity index (χ1n) is 5.86. The van der Waals surface area contributed by atoms with Crippen molar-refractivity contribution < 1.29 is 4.79 Å². The summed E-state index contributed by atoms with van der Waals surface area (Å²) in [6, 6.07) is 10.1. The van der Waals surface area contributed by atoms with E-state index < -0.39 is 0 Å². The number of amides is 1. The Morgan fingerprint density at radius 2 is 2.16 bits per heavy atom. The van der Waals surface area contributed by atoms with Gasteiger partial charge in [-0.25, -0.2) is 4.98 Å². The highest BCUT2D eigenvalue weighted by Gasteiger charge is 2.13. The predicted octanol–water partition coefficient (Wildman–Crippen LogP) is 2.56. The van der Waals surface area contributed by atoms with Crippen LogP contribution < -0.4 is 11.1 Å². The highest BCUT2D eigenvalue weighted by molar-refractivity contribution is 7.99. The lowest BCUT2D eigenvalue weighted by molar-refractivity contribution is 0.0959. The number of nitrogens with two attached hydrogens (primary N) is 1. The van der Waals surface area contributed by atoms with Crippen LogP contribution in [0.5, 0.6) is 0 Å². The number of thiazole rings is 1. The molecule has 3 N–H and O–H groups in total. The average Bonchev–Trinajstić information content (AvgIpc) is 2.75. The maximum atomic E-state index is 11.9. The number of carbonyl (C=O) groups excluding carboxylic acids is 1. The number of anilines is 1. The Hall–Kier alpha value is -1.53. The second-order valence-electron chi connectivity index (χ2n) is 3.88. The molecule has 1 amide bonds. The standard InChI is InChI=1S/C13H15N3OS2/c1-9-11(19-13(14)16-9)12(17)15-7-8-18-10-5-3-2-4-6-10/h2-6H,7-8H2,1H3,(H2,14,16)(H,15,17). The van der Waals surface area contributed by atoms with Crippen LogP contribution in [0.2, 0.25) is 0 Å². The minimum atomic E-state index is -0.0969. The molecule has 6 heteroatoms. The fraction of sp³-hybridized carbons (Fsp3) is 0.231. The summed E-state index contributed by atoms with van der Waals surface area (Å²) < 4.78 is 0. The number of rotatable bonds is 5. The number of hydrogen-bond donors (Lipinski definition) is 2. The Balaban J connectivity index is 1.77. The molecular formula is C13H15N3OS2. The topological polar surface area (TPSA) is 68.0 Å². The van der Waals surface area contributed by atoms with Crippen molar-refractivity contribution in [2.45, 2.75) is 11.8 Å². The van der Waals surface area contributed by atoms with E-state index in [0.29, 0.717) is 22.2 Å². The minimum Gasteiger partial charge on any atom is -0.375 e. The molecule has 19 heavy (non-hydrogen) atoms. The molecule has 1 aromatic carbocycles. The molecule has 0 aliphatic carbocycles. The summed E-state index contributed by atoms with van der Waals surface area (Å²) in [5.41, 5.74) is 6.26. The maximum absolute atomic E-state index is 11.9. The van der Waals surface area contributed by atoms with Gasteiger partial charge in [0.05, 0.1) is 5.69 Å². The van der Waals surface area contributed by atoms with E-state index in [2.05, 4.69) is 22.4 Å². The zero-order valence-corrected chi connectivity index (χ0v) is 12.2. The Morgan fingerprint density at radius 1 is 1.42 bits per heavy atom. The first-order chi connectivity index (χ1) is 9.16. The van der Waals surface area contributed by atoms with Gasteiger partial charge in [0.2, 0.25) is 0 Å². The van der Waals surface area contributed by atoms with Gasteiger partial charge < -0.3 is 11.1 Å². The number of nitrogens with zero attached hydrogens (tertiary/aromatic N) is 1. The van der Waals surface area contributed by atoms with Crippen molar-refractivity contribution in [1.29, 1.82) is 0 Å². The van der Waals surface area contributed by atoms with Gasteiger partial charge in [-0.15, -0.1) is 11.8 Å². The van der Waals surface area contributed by atoms with E-state index in [1.165, 1.54) is 16.2 Å². The van der Waals surface area contributed by atoms with Crippen LogP contribution in [0.1, 0.15) is 15.4 Å². The molecule has 0 fully saturated rings. The fourth-order valence-corrected chi connectivity index (χ4v) is 3.10. The average molecular weight is 293 g/mol. The monoisotopic (exact) mass is 293 g/mol. The predicted molar refractivity (Wildman–Crippen MR) is 80.8 cm³/mol.